The van der Waals surface area contributed by atoms with Crippen LogP contribution in [-0.2, 0) is 38.3 Å². The van der Waals surface area contributed by atoms with Gasteiger partial charge in [-0.1, -0.05) is 20.8 Å². The summed E-state index contributed by atoms with van der Waals surface area (Å²) in [7, 11) is 6.30. The number of ether oxygens (including phenoxy) is 3. The molecule has 19 heteroatoms. The first-order chi connectivity index (χ1) is 25.0. The molecule has 0 aromatic rings. The fraction of sp³-hybridized carbons (Fsp3) is 0.821. The number of nitrogens with zero attached hydrogens (tertiary/aromatic N) is 4. The Hall–Kier alpha value is -2.45. The van der Waals surface area contributed by atoms with Gasteiger partial charge in [0.2, 0.25) is 0 Å². The Morgan fingerprint density at radius 2 is 0.897 bits per heavy atom. The molecule has 6 atom stereocenters. The molecule has 3 saturated heterocycles. The van der Waals surface area contributed by atoms with Gasteiger partial charge < -0.3 is 63.3 Å². The number of nitrogens with one attached hydrogen (secondary N) is 1. The van der Waals surface area contributed by atoms with Crippen molar-refractivity contribution < 1.29 is 74.7 Å². The van der Waals surface area contributed by atoms with Crippen molar-refractivity contribution in [3.8, 4) is 0 Å². The van der Waals surface area contributed by atoms with E-state index in [0.717, 1.165) is 0 Å². The number of carbonyl (C=O) groups excluding carboxylic acids is 5. The molecule has 3 fully saturated rings. The van der Waals surface area contributed by atoms with Crippen LogP contribution in [0.5, 0.6) is 0 Å². The molecular formula is C39H74BrMgN5O12. The zero-order chi connectivity index (χ0) is 43.2. The number of Topliss-reactive ketones (excluding diaryl/α,β-unsaturated/α-hetero) is 1. The van der Waals surface area contributed by atoms with Crippen LogP contribution in [0.25, 0.3) is 0 Å². The summed E-state index contributed by atoms with van der Waals surface area (Å²) in [5, 5.41) is 10.1. The summed E-state index contributed by atoms with van der Waals surface area (Å²) in [5.74, 6) is -1.26. The average Bonchev–Trinajstić information content (AvgIpc) is 3.75. The van der Waals surface area contributed by atoms with E-state index in [0.29, 0.717) is 32.7 Å². The minimum Gasteiger partial charge on any atom is -1.00 e. The Bertz CT molecular complexity index is 1230. The standard InChI is InChI=1S/C13H24N2O4.C12H21NO3.C11H19NO4.C2H7NO.CH3.BrH.Mg/c1-9-7-15(12(17)19-13(2,3)4)8-10(9)11(16)14(5)18-6;1-8-6-13(7-10(8)9(2)14)11(15)16-12(3,4)5;1-7-5-12(6-8(7)9(13)14)10(15)16-11(2,3)4;1-3-4-2;;;/h9-10H,7-8H2,1-6H3;8,10H,6-7H2,1-5H3;7-8H,5-6H2,1-4H3,(H,13,14);3H,1-2H3;1H3;1H;/q;;;;-1;;+2/p-1/t9-,10-;8-,10-;7-,8-;;;;/m111..../s1. The van der Waals surface area contributed by atoms with Crippen LogP contribution in [0.2, 0.25) is 0 Å². The maximum absolute atomic E-state index is 12.1. The first-order valence-corrected chi connectivity index (χ1v) is 18.7. The first-order valence-electron chi connectivity index (χ1n) is 18.7. The number of hydrogen-bond acceptors (Lipinski definition) is 12. The molecule has 4 amide bonds. The predicted molar refractivity (Wildman–Crippen MR) is 218 cm³/mol. The Labute approximate surface area is 374 Å². The minimum atomic E-state index is -0.849. The molecule has 0 saturated carbocycles. The summed E-state index contributed by atoms with van der Waals surface area (Å²) in [6.45, 7) is 26.4. The number of carbonyl (C=O) groups is 6. The second-order valence-electron chi connectivity index (χ2n) is 17.3. The van der Waals surface area contributed by atoms with Gasteiger partial charge in [-0.05, 0) is 87.0 Å². The van der Waals surface area contributed by atoms with E-state index >= 15 is 0 Å². The second kappa shape index (κ2) is 27.4. The smallest absolute Gasteiger partial charge is 1.00 e. The Morgan fingerprint density at radius 3 is 1.12 bits per heavy atom. The van der Waals surface area contributed by atoms with Gasteiger partial charge in [0.05, 0.1) is 26.1 Å². The zero-order valence-corrected chi connectivity index (χ0v) is 41.5. The quantitative estimate of drug-likeness (QED) is 0.176. The Balaban J connectivity index is -0.000000352. The van der Waals surface area contributed by atoms with Gasteiger partial charge in [-0.3, -0.25) is 19.2 Å². The van der Waals surface area contributed by atoms with E-state index in [4.69, 9.17) is 24.2 Å². The number of aliphatic carboxylic acids is 1. The van der Waals surface area contributed by atoms with Crippen LogP contribution >= 0.6 is 0 Å². The van der Waals surface area contributed by atoms with E-state index in [9.17, 15) is 28.8 Å². The van der Waals surface area contributed by atoms with Gasteiger partial charge in [-0.2, -0.15) is 0 Å². The van der Waals surface area contributed by atoms with Crippen LogP contribution in [0.1, 0.15) is 90.0 Å². The van der Waals surface area contributed by atoms with Gasteiger partial charge in [0, 0.05) is 59.3 Å². The van der Waals surface area contributed by atoms with Crippen molar-refractivity contribution >= 4 is 59.0 Å². The maximum atomic E-state index is 12.1. The Morgan fingerprint density at radius 1 is 0.621 bits per heavy atom. The molecular weight excluding hydrogens is 835 g/mol. The third kappa shape index (κ3) is 23.4. The number of amides is 4. The SMILES string of the molecule is CC(=O)[C@@H]1CN(C(=O)OC(C)(C)C)C[C@H]1C.CNOC.CON(C)C(=O)[C@@H]1CN(C(=O)OC(C)(C)C)C[C@H]1C.C[C@@H]1CN(C(=O)OC(C)(C)C)C[C@H]1C(=O)O.[Br-].[CH3-].[Mg+2]. The summed E-state index contributed by atoms with van der Waals surface area (Å²) in [4.78, 5) is 83.6. The van der Waals surface area contributed by atoms with Crippen LogP contribution in [0.15, 0.2) is 0 Å². The molecule has 0 aromatic heterocycles. The number of likely N-dealkylation sites (tertiary alicyclic amines) is 3. The van der Waals surface area contributed by atoms with Gasteiger partial charge in [-0.15, -0.1) is 0 Å². The van der Waals surface area contributed by atoms with Crippen LogP contribution in [0, 0.1) is 42.9 Å². The summed E-state index contributed by atoms with van der Waals surface area (Å²) in [6, 6.07) is 0. The third-order valence-electron chi connectivity index (χ3n) is 8.74. The maximum Gasteiger partial charge on any atom is 2.00 e. The van der Waals surface area contributed by atoms with Crippen molar-refractivity contribution in [1.82, 2.24) is 25.2 Å². The van der Waals surface area contributed by atoms with Gasteiger partial charge in [-0.25, -0.2) is 24.9 Å². The number of hydrogen-bond donors (Lipinski definition) is 2. The second-order valence-corrected chi connectivity index (χ2v) is 17.3. The fourth-order valence-corrected chi connectivity index (χ4v) is 5.82. The average molecular weight is 909 g/mol. The predicted octanol–water partition coefficient (Wildman–Crippen LogP) is 2.00. The van der Waals surface area contributed by atoms with E-state index in [2.05, 4.69) is 10.3 Å². The number of rotatable bonds is 5. The molecule has 0 radical (unpaired) electrons. The van der Waals surface area contributed by atoms with E-state index in [1.165, 1.54) is 17.1 Å². The van der Waals surface area contributed by atoms with Crippen molar-refractivity contribution in [2.75, 3.05) is 67.6 Å². The van der Waals surface area contributed by atoms with Gasteiger partial charge in [0.1, 0.15) is 22.6 Å². The molecule has 336 valence electrons. The normalized spacial score (nSPS) is 22.3. The molecule has 0 aromatic carbocycles. The number of hydroxylamine groups is 3. The zero-order valence-electron chi connectivity index (χ0n) is 38.5. The molecule has 3 aliphatic heterocycles. The van der Waals surface area contributed by atoms with Crippen molar-refractivity contribution in [1.29, 1.82) is 0 Å². The molecule has 2 N–H and O–H groups in total. The topological polar surface area (TPSA) is 194 Å². The first kappa shape index (κ1) is 62.2. The molecule has 3 aliphatic rings. The molecule has 0 spiro atoms. The fourth-order valence-electron chi connectivity index (χ4n) is 5.82. The van der Waals surface area contributed by atoms with Crippen molar-refractivity contribution in [2.24, 2.45) is 35.5 Å². The van der Waals surface area contributed by atoms with E-state index in [1.807, 2.05) is 62.3 Å². The van der Waals surface area contributed by atoms with E-state index in [1.54, 1.807) is 58.7 Å². The molecule has 0 aliphatic carbocycles. The number of ketones is 1. The molecule has 0 bridgehead atoms. The molecule has 17 nitrogen and oxygen atoms in total. The summed E-state index contributed by atoms with van der Waals surface area (Å²) < 4.78 is 15.8. The van der Waals surface area contributed by atoms with Gasteiger partial charge in [0.25, 0.3) is 5.91 Å². The summed E-state index contributed by atoms with van der Waals surface area (Å²) >= 11 is 0. The van der Waals surface area contributed by atoms with E-state index < -0.39 is 34.8 Å². The van der Waals surface area contributed by atoms with Crippen LogP contribution in [0.3, 0.4) is 0 Å². The van der Waals surface area contributed by atoms with Crippen molar-refractivity contribution in [3.63, 3.8) is 0 Å². The van der Waals surface area contributed by atoms with Crippen molar-refractivity contribution in [3.05, 3.63) is 7.43 Å². The molecule has 3 heterocycles. The van der Waals surface area contributed by atoms with E-state index in [-0.39, 0.29) is 107 Å². The Kier molecular flexibility index (Phi) is 29.4. The number of carboxylic acid groups (broad SMARTS) is 1. The minimum absolute atomic E-state index is 0. The van der Waals surface area contributed by atoms with Crippen LogP contribution < -0.4 is 22.5 Å². The van der Waals surface area contributed by atoms with Crippen molar-refractivity contribution in [2.45, 2.75) is 107 Å². The molecule has 58 heavy (non-hydrogen) atoms. The largest absolute Gasteiger partial charge is 2.00 e. The molecule has 3 rings (SSSR count). The summed E-state index contributed by atoms with van der Waals surface area (Å²) in [6.07, 6.45) is -1.11. The monoisotopic (exact) mass is 907 g/mol. The van der Waals surface area contributed by atoms with Gasteiger partial charge in [0.15, 0.2) is 0 Å². The number of halogens is 1. The van der Waals surface area contributed by atoms with Gasteiger partial charge >= 0.3 is 47.3 Å². The van der Waals surface area contributed by atoms with Crippen LogP contribution in [0.4, 0.5) is 14.4 Å². The molecule has 0 unspecified atom stereocenters. The number of carboxylic acids is 1. The van der Waals surface area contributed by atoms with Crippen LogP contribution in [-0.4, -0.2) is 168 Å². The third-order valence-corrected chi connectivity index (χ3v) is 8.74. The summed E-state index contributed by atoms with van der Waals surface area (Å²) in [5.41, 5.74) is 0.891.